The zero-order valence-electron chi connectivity index (χ0n) is 12.5. The SMILES string of the molecule is CCNc1cccc(C(=O)NC(CC)CSC)c1[N+](=O)[O-]. The fraction of sp³-hybridized carbons (Fsp3) is 0.500. The predicted octanol–water partition coefficient (Wildman–Crippen LogP) is 2.90. The van der Waals surface area contributed by atoms with Gasteiger partial charge in [0.2, 0.25) is 0 Å². The number of amides is 1. The van der Waals surface area contributed by atoms with Crippen LogP contribution in [0.1, 0.15) is 30.6 Å². The van der Waals surface area contributed by atoms with E-state index in [4.69, 9.17) is 0 Å². The first-order valence-corrected chi connectivity index (χ1v) is 8.25. The van der Waals surface area contributed by atoms with Gasteiger partial charge >= 0.3 is 5.69 Å². The summed E-state index contributed by atoms with van der Waals surface area (Å²) in [4.78, 5) is 23.1. The summed E-state index contributed by atoms with van der Waals surface area (Å²) in [6.07, 6.45) is 2.75. The van der Waals surface area contributed by atoms with Crippen molar-refractivity contribution in [2.24, 2.45) is 0 Å². The molecule has 1 unspecified atom stereocenters. The van der Waals surface area contributed by atoms with Crippen LogP contribution >= 0.6 is 11.8 Å². The Hall–Kier alpha value is -1.76. The number of nitro benzene ring substituents is 1. The lowest BCUT2D eigenvalue weighted by Crippen LogP contribution is -2.36. The van der Waals surface area contributed by atoms with Gasteiger partial charge in [-0.25, -0.2) is 0 Å². The molecular weight excluding hydrogens is 290 g/mol. The lowest BCUT2D eigenvalue weighted by Gasteiger charge is -2.16. The monoisotopic (exact) mass is 311 g/mol. The van der Waals surface area contributed by atoms with E-state index in [-0.39, 0.29) is 17.3 Å². The molecule has 0 fully saturated rings. The van der Waals surface area contributed by atoms with Crippen LogP contribution in [0.25, 0.3) is 0 Å². The lowest BCUT2D eigenvalue weighted by molar-refractivity contribution is -0.384. The number of rotatable bonds is 8. The third-order valence-corrected chi connectivity index (χ3v) is 3.76. The van der Waals surface area contributed by atoms with Crippen molar-refractivity contribution in [1.82, 2.24) is 5.32 Å². The molecule has 0 heterocycles. The zero-order valence-corrected chi connectivity index (χ0v) is 13.3. The average molecular weight is 311 g/mol. The summed E-state index contributed by atoms with van der Waals surface area (Å²) in [7, 11) is 0. The van der Waals surface area contributed by atoms with Crippen molar-refractivity contribution < 1.29 is 9.72 Å². The molecule has 1 aromatic carbocycles. The molecule has 7 heteroatoms. The Labute approximate surface area is 128 Å². The largest absolute Gasteiger partial charge is 0.380 e. The highest BCUT2D eigenvalue weighted by molar-refractivity contribution is 7.98. The number of thioether (sulfide) groups is 1. The Morgan fingerprint density at radius 3 is 2.67 bits per heavy atom. The van der Waals surface area contributed by atoms with Crippen molar-refractivity contribution in [3.63, 3.8) is 0 Å². The molecule has 1 atom stereocenters. The van der Waals surface area contributed by atoms with Gasteiger partial charge in [-0.2, -0.15) is 11.8 Å². The van der Waals surface area contributed by atoms with Crippen LogP contribution < -0.4 is 10.6 Å². The molecule has 0 bridgehead atoms. The van der Waals surface area contributed by atoms with Crippen molar-refractivity contribution in [2.45, 2.75) is 26.3 Å². The maximum Gasteiger partial charge on any atom is 0.305 e. The topological polar surface area (TPSA) is 84.3 Å². The number of hydrogen-bond donors (Lipinski definition) is 2. The molecular formula is C14H21N3O3S. The second-order valence-corrected chi connectivity index (χ2v) is 5.43. The summed E-state index contributed by atoms with van der Waals surface area (Å²) >= 11 is 1.63. The first-order valence-electron chi connectivity index (χ1n) is 6.86. The number of anilines is 1. The maximum atomic E-state index is 12.3. The summed E-state index contributed by atoms with van der Waals surface area (Å²) in [6, 6.07) is 4.75. The number of nitrogens with one attached hydrogen (secondary N) is 2. The number of nitrogens with zero attached hydrogens (tertiary/aromatic N) is 1. The minimum absolute atomic E-state index is 0.00916. The van der Waals surface area contributed by atoms with E-state index >= 15 is 0 Å². The van der Waals surface area contributed by atoms with E-state index < -0.39 is 10.8 Å². The third kappa shape index (κ3) is 4.63. The smallest absolute Gasteiger partial charge is 0.305 e. The number of para-hydroxylation sites is 1. The number of hydrogen-bond acceptors (Lipinski definition) is 5. The molecule has 6 nitrogen and oxygen atoms in total. The zero-order chi connectivity index (χ0) is 15.8. The molecule has 0 aliphatic rings. The van der Waals surface area contributed by atoms with Gasteiger partial charge in [-0.1, -0.05) is 13.0 Å². The van der Waals surface area contributed by atoms with Crippen molar-refractivity contribution in [3.8, 4) is 0 Å². The van der Waals surface area contributed by atoms with Crippen LogP contribution in [0.15, 0.2) is 18.2 Å². The second kappa shape index (κ2) is 8.51. The molecule has 21 heavy (non-hydrogen) atoms. The maximum absolute atomic E-state index is 12.3. The van der Waals surface area contributed by atoms with Gasteiger partial charge in [0.25, 0.3) is 5.91 Å². The fourth-order valence-corrected chi connectivity index (χ4v) is 2.70. The molecule has 1 amide bonds. The van der Waals surface area contributed by atoms with Crippen LogP contribution in [0.4, 0.5) is 11.4 Å². The van der Waals surface area contributed by atoms with Crippen LogP contribution in [-0.4, -0.2) is 35.4 Å². The Balaban J connectivity index is 3.08. The summed E-state index contributed by atoms with van der Waals surface area (Å²) in [5.41, 5.74) is 0.293. The molecule has 116 valence electrons. The van der Waals surface area contributed by atoms with Gasteiger partial charge in [0.05, 0.1) is 4.92 Å². The van der Waals surface area contributed by atoms with Crippen LogP contribution in [0.5, 0.6) is 0 Å². The summed E-state index contributed by atoms with van der Waals surface area (Å²) < 4.78 is 0. The number of benzene rings is 1. The molecule has 0 aliphatic heterocycles. The Bertz CT molecular complexity index is 508. The van der Waals surface area contributed by atoms with Crippen LogP contribution in [0.3, 0.4) is 0 Å². The summed E-state index contributed by atoms with van der Waals surface area (Å²) in [5.74, 6) is 0.380. The van der Waals surface area contributed by atoms with Gasteiger partial charge in [-0.15, -0.1) is 0 Å². The van der Waals surface area contributed by atoms with E-state index in [2.05, 4.69) is 10.6 Å². The average Bonchev–Trinajstić information content (AvgIpc) is 2.46. The molecule has 2 N–H and O–H groups in total. The Morgan fingerprint density at radius 1 is 1.43 bits per heavy atom. The number of carbonyl (C=O) groups is 1. The highest BCUT2D eigenvalue weighted by Gasteiger charge is 2.25. The van der Waals surface area contributed by atoms with Crippen molar-refractivity contribution in [1.29, 1.82) is 0 Å². The van der Waals surface area contributed by atoms with Gasteiger partial charge in [0.15, 0.2) is 0 Å². The normalized spacial score (nSPS) is 11.8. The standard InChI is InChI=1S/C14H21N3O3S/c1-4-10(9-21-3)16-14(18)11-7-6-8-12(15-5-2)13(11)17(19)20/h6-8,10,15H,4-5,9H2,1-3H3,(H,16,18). The Morgan fingerprint density at radius 2 is 2.14 bits per heavy atom. The van der Waals surface area contributed by atoms with Gasteiger partial charge in [-0.05, 0) is 31.7 Å². The van der Waals surface area contributed by atoms with Crippen molar-refractivity contribution in [2.75, 3.05) is 23.9 Å². The summed E-state index contributed by atoms with van der Waals surface area (Å²) in [6.45, 7) is 4.38. The second-order valence-electron chi connectivity index (χ2n) is 4.52. The predicted molar refractivity (Wildman–Crippen MR) is 87.2 cm³/mol. The highest BCUT2D eigenvalue weighted by Crippen LogP contribution is 2.28. The molecule has 1 aromatic rings. The lowest BCUT2D eigenvalue weighted by atomic mass is 10.1. The molecule has 0 spiro atoms. The molecule has 0 saturated heterocycles. The molecule has 0 aliphatic carbocycles. The van der Waals surface area contributed by atoms with Crippen molar-refractivity contribution >= 4 is 29.0 Å². The quantitative estimate of drug-likeness (QED) is 0.569. The van der Waals surface area contributed by atoms with Crippen LogP contribution in [0.2, 0.25) is 0 Å². The third-order valence-electron chi connectivity index (χ3n) is 3.03. The van der Waals surface area contributed by atoms with E-state index in [0.29, 0.717) is 12.2 Å². The minimum atomic E-state index is -0.511. The minimum Gasteiger partial charge on any atom is -0.380 e. The van der Waals surface area contributed by atoms with Gasteiger partial charge < -0.3 is 10.6 Å². The van der Waals surface area contributed by atoms with Crippen molar-refractivity contribution in [3.05, 3.63) is 33.9 Å². The first kappa shape index (κ1) is 17.3. The van der Waals surface area contributed by atoms with E-state index in [1.807, 2.05) is 20.1 Å². The van der Waals surface area contributed by atoms with E-state index in [9.17, 15) is 14.9 Å². The van der Waals surface area contributed by atoms with E-state index in [0.717, 1.165) is 12.2 Å². The number of nitro groups is 1. The first-order chi connectivity index (χ1) is 10.0. The van der Waals surface area contributed by atoms with E-state index in [1.54, 1.807) is 23.9 Å². The van der Waals surface area contributed by atoms with Crippen LogP contribution in [0, 0.1) is 10.1 Å². The van der Waals surface area contributed by atoms with Crippen LogP contribution in [-0.2, 0) is 0 Å². The molecule has 0 saturated carbocycles. The molecule has 1 rings (SSSR count). The molecule has 0 aromatic heterocycles. The van der Waals surface area contributed by atoms with E-state index in [1.165, 1.54) is 6.07 Å². The van der Waals surface area contributed by atoms with Gasteiger partial charge in [0.1, 0.15) is 11.3 Å². The highest BCUT2D eigenvalue weighted by atomic mass is 32.2. The number of carbonyl (C=O) groups excluding carboxylic acids is 1. The molecule has 0 radical (unpaired) electrons. The Kier molecular flexibility index (Phi) is 7.01. The van der Waals surface area contributed by atoms with Gasteiger partial charge in [0, 0.05) is 18.3 Å². The fourth-order valence-electron chi connectivity index (χ4n) is 1.98. The van der Waals surface area contributed by atoms with Gasteiger partial charge in [-0.3, -0.25) is 14.9 Å². The summed E-state index contributed by atoms with van der Waals surface area (Å²) in [5, 5.41) is 17.1.